The van der Waals surface area contributed by atoms with Crippen LogP contribution in [0.1, 0.15) is 32.6 Å². The van der Waals surface area contributed by atoms with Gasteiger partial charge in [-0.3, -0.25) is 0 Å². The van der Waals surface area contributed by atoms with Gasteiger partial charge in [0.15, 0.2) is 0 Å². The standard InChI is InChI=1S/C9H23NO2Si/c1-4-5-6-9(7-8-10)13(11-2)12-3/h9,13H,4-8,10H2,1-3H3. The van der Waals surface area contributed by atoms with Crippen LogP contribution in [0, 0.1) is 0 Å². The lowest BCUT2D eigenvalue weighted by molar-refractivity contribution is 0.259. The number of hydrogen-bond donors (Lipinski definition) is 1. The summed E-state index contributed by atoms with van der Waals surface area (Å²) in [7, 11) is 2.06. The zero-order chi connectivity index (χ0) is 10.1. The number of unbranched alkanes of at least 4 members (excludes halogenated alkanes) is 1. The first-order chi connectivity index (χ1) is 6.29. The summed E-state index contributed by atoms with van der Waals surface area (Å²) in [6.45, 7) is 2.94. The third-order valence-electron chi connectivity index (χ3n) is 2.32. The van der Waals surface area contributed by atoms with Crippen molar-refractivity contribution >= 4 is 9.28 Å². The monoisotopic (exact) mass is 205 g/mol. The Morgan fingerprint density at radius 3 is 2.23 bits per heavy atom. The minimum absolute atomic E-state index is 0.583. The van der Waals surface area contributed by atoms with E-state index in [2.05, 4.69) is 6.92 Å². The van der Waals surface area contributed by atoms with Crippen molar-refractivity contribution in [1.82, 2.24) is 0 Å². The lowest BCUT2D eigenvalue weighted by atomic mass is 10.1. The van der Waals surface area contributed by atoms with Crippen LogP contribution in [0.4, 0.5) is 0 Å². The molecule has 0 bridgehead atoms. The van der Waals surface area contributed by atoms with Gasteiger partial charge in [0.1, 0.15) is 0 Å². The second kappa shape index (κ2) is 8.68. The molecule has 0 spiro atoms. The average molecular weight is 205 g/mol. The van der Waals surface area contributed by atoms with Crippen molar-refractivity contribution in [3.63, 3.8) is 0 Å². The molecule has 3 nitrogen and oxygen atoms in total. The highest BCUT2D eigenvalue weighted by Gasteiger charge is 2.22. The van der Waals surface area contributed by atoms with Crippen molar-refractivity contribution in [2.24, 2.45) is 5.73 Å². The summed E-state index contributed by atoms with van der Waals surface area (Å²) in [5.41, 5.74) is 6.14. The lowest BCUT2D eigenvalue weighted by Gasteiger charge is -2.21. The Morgan fingerprint density at radius 2 is 1.85 bits per heavy atom. The molecule has 80 valence electrons. The van der Waals surface area contributed by atoms with Crippen LogP contribution in [0.3, 0.4) is 0 Å². The highest BCUT2D eigenvalue weighted by atomic mass is 28.3. The number of rotatable bonds is 8. The molecule has 0 heterocycles. The summed E-state index contributed by atoms with van der Waals surface area (Å²) >= 11 is 0. The molecule has 13 heavy (non-hydrogen) atoms. The predicted octanol–water partition coefficient (Wildman–Crippen LogP) is 1.41. The van der Waals surface area contributed by atoms with E-state index in [-0.39, 0.29) is 0 Å². The van der Waals surface area contributed by atoms with E-state index in [1.54, 1.807) is 14.2 Å². The topological polar surface area (TPSA) is 44.5 Å². The van der Waals surface area contributed by atoms with Crippen LogP contribution >= 0.6 is 0 Å². The van der Waals surface area contributed by atoms with Crippen LogP contribution < -0.4 is 5.73 Å². The quantitative estimate of drug-likeness (QED) is 0.609. The normalized spacial score (nSPS) is 13.6. The van der Waals surface area contributed by atoms with E-state index in [9.17, 15) is 0 Å². The largest absolute Gasteiger partial charge is 0.400 e. The number of nitrogens with two attached hydrogens (primary N) is 1. The fourth-order valence-corrected chi connectivity index (χ4v) is 3.51. The SMILES string of the molecule is CCCCC(CCN)[SiH](OC)OC. The molecule has 4 heteroatoms. The predicted molar refractivity (Wildman–Crippen MR) is 58.1 cm³/mol. The molecular weight excluding hydrogens is 182 g/mol. The first kappa shape index (κ1) is 13.1. The molecule has 0 amide bonds. The Morgan fingerprint density at radius 1 is 1.23 bits per heavy atom. The highest BCUT2D eigenvalue weighted by molar-refractivity contribution is 6.46. The fourth-order valence-electron chi connectivity index (χ4n) is 1.58. The number of hydrogen-bond acceptors (Lipinski definition) is 3. The van der Waals surface area contributed by atoms with Crippen LogP contribution in [0.25, 0.3) is 0 Å². The molecule has 0 aromatic heterocycles. The van der Waals surface area contributed by atoms with Crippen molar-refractivity contribution < 1.29 is 8.85 Å². The first-order valence-electron chi connectivity index (χ1n) is 5.05. The van der Waals surface area contributed by atoms with E-state index in [0.29, 0.717) is 5.54 Å². The third kappa shape index (κ3) is 5.41. The maximum absolute atomic E-state index is 5.56. The van der Waals surface area contributed by atoms with Gasteiger partial charge >= 0.3 is 9.28 Å². The van der Waals surface area contributed by atoms with Crippen LogP contribution in [0.2, 0.25) is 5.54 Å². The Kier molecular flexibility index (Phi) is 8.75. The van der Waals surface area contributed by atoms with E-state index in [0.717, 1.165) is 13.0 Å². The van der Waals surface area contributed by atoms with Gasteiger partial charge in [-0.2, -0.15) is 0 Å². The van der Waals surface area contributed by atoms with Crippen molar-refractivity contribution in [1.29, 1.82) is 0 Å². The molecule has 2 N–H and O–H groups in total. The summed E-state index contributed by atoms with van der Waals surface area (Å²) < 4.78 is 10.7. The molecule has 1 unspecified atom stereocenters. The summed E-state index contributed by atoms with van der Waals surface area (Å²) in [5, 5.41) is 0. The van der Waals surface area contributed by atoms with Crippen molar-refractivity contribution in [2.45, 2.75) is 38.1 Å². The van der Waals surface area contributed by atoms with Crippen LogP contribution in [-0.2, 0) is 8.85 Å². The average Bonchev–Trinajstić information content (AvgIpc) is 2.16. The summed E-state index contributed by atoms with van der Waals surface area (Å²) in [6, 6.07) is 0. The minimum atomic E-state index is -1.44. The first-order valence-corrected chi connectivity index (χ1v) is 6.66. The Bertz CT molecular complexity index is 110. The Labute approximate surface area is 83.5 Å². The minimum Gasteiger partial charge on any atom is -0.400 e. The van der Waals surface area contributed by atoms with Gasteiger partial charge in [0.05, 0.1) is 0 Å². The molecule has 0 aliphatic rings. The molecule has 0 aliphatic heterocycles. The molecule has 0 rings (SSSR count). The van der Waals surface area contributed by atoms with E-state index in [4.69, 9.17) is 14.6 Å². The molecule has 0 aromatic rings. The molecule has 0 saturated heterocycles. The maximum Gasteiger partial charge on any atom is 0.324 e. The van der Waals surface area contributed by atoms with E-state index in [1.165, 1.54) is 19.3 Å². The van der Waals surface area contributed by atoms with Gasteiger partial charge in [-0.15, -0.1) is 0 Å². The van der Waals surface area contributed by atoms with Gasteiger partial charge in [-0.1, -0.05) is 19.8 Å². The Hall–Kier alpha value is 0.0969. The second-order valence-corrected chi connectivity index (χ2v) is 5.94. The highest BCUT2D eigenvalue weighted by Crippen LogP contribution is 2.22. The van der Waals surface area contributed by atoms with Crippen molar-refractivity contribution in [3.05, 3.63) is 0 Å². The summed E-state index contributed by atoms with van der Waals surface area (Å²) in [6.07, 6.45) is 4.72. The molecule has 0 fully saturated rings. The fraction of sp³-hybridized carbons (Fsp3) is 1.00. The molecular formula is C9H23NO2Si. The third-order valence-corrected chi connectivity index (χ3v) is 4.68. The van der Waals surface area contributed by atoms with Gasteiger partial charge in [0, 0.05) is 19.8 Å². The zero-order valence-electron chi connectivity index (χ0n) is 9.08. The molecule has 0 aromatic carbocycles. The zero-order valence-corrected chi connectivity index (χ0v) is 10.2. The lowest BCUT2D eigenvalue weighted by Crippen LogP contribution is -2.28. The van der Waals surface area contributed by atoms with Gasteiger partial charge in [-0.25, -0.2) is 0 Å². The van der Waals surface area contributed by atoms with Gasteiger partial charge in [0.25, 0.3) is 0 Å². The van der Waals surface area contributed by atoms with E-state index >= 15 is 0 Å². The van der Waals surface area contributed by atoms with Crippen LogP contribution in [-0.4, -0.2) is 30.0 Å². The van der Waals surface area contributed by atoms with E-state index < -0.39 is 9.28 Å². The Balaban J connectivity index is 3.88. The van der Waals surface area contributed by atoms with E-state index in [1.807, 2.05) is 0 Å². The summed E-state index contributed by atoms with van der Waals surface area (Å²) in [4.78, 5) is 0. The molecule has 1 atom stereocenters. The summed E-state index contributed by atoms with van der Waals surface area (Å²) in [5.74, 6) is 0. The van der Waals surface area contributed by atoms with Gasteiger partial charge in [-0.05, 0) is 19.4 Å². The van der Waals surface area contributed by atoms with Gasteiger partial charge in [0.2, 0.25) is 0 Å². The van der Waals surface area contributed by atoms with Crippen molar-refractivity contribution in [2.75, 3.05) is 20.8 Å². The second-order valence-electron chi connectivity index (χ2n) is 3.32. The van der Waals surface area contributed by atoms with Crippen LogP contribution in [0.15, 0.2) is 0 Å². The maximum atomic E-state index is 5.56. The van der Waals surface area contributed by atoms with Crippen molar-refractivity contribution in [3.8, 4) is 0 Å². The van der Waals surface area contributed by atoms with Crippen LogP contribution in [0.5, 0.6) is 0 Å². The molecule has 0 saturated carbocycles. The molecule has 0 aliphatic carbocycles. The molecule has 0 radical (unpaired) electrons. The van der Waals surface area contributed by atoms with Gasteiger partial charge < -0.3 is 14.6 Å². The smallest absolute Gasteiger partial charge is 0.324 e.